The first-order valence-electron chi connectivity index (χ1n) is 7.87. The quantitative estimate of drug-likeness (QED) is 0.875. The van der Waals surface area contributed by atoms with E-state index >= 15 is 0 Å². The molecule has 2 aromatic carbocycles. The van der Waals surface area contributed by atoms with Crippen LogP contribution in [0.25, 0.3) is 5.57 Å². The molecule has 0 amide bonds. The topological polar surface area (TPSA) is 64.3 Å². The van der Waals surface area contributed by atoms with Gasteiger partial charge in [-0.05, 0) is 54.8 Å². The van der Waals surface area contributed by atoms with Gasteiger partial charge in [-0.15, -0.1) is 0 Å². The highest BCUT2D eigenvalue weighted by Gasteiger charge is 2.18. The molecule has 4 nitrogen and oxygen atoms in total. The van der Waals surface area contributed by atoms with Gasteiger partial charge in [0.2, 0.25) is 0 Å². The summed E-state index contributed by atoms with van der Waals surface area (Å²) in [5, 5.41) is 18.5. The molecule has 0 aromatic heterocycles. The number of phenolic OH excluding ortho intramolecular Hbond substituents is 1. The van der Waals surface area contributed by atoms with E-state index in [9.17, 15) is 9.90 Å². The Morgan fingerprint density at radius 3 is 2.54 bits per heavy atom. The molecule has 0 unspecified atom stereocenters. The average Bonchev–Trinajstić information content (AvgIpc) is 2.62. The van der Waals surface area contributed by atoms with Gasteiger partial charge in [0, 0.05) is 24.3 Å². The van der Waals surface area contributed by atoms with Crippen molar-refractivity contribution in [1.82, 2.24) is 0 Å². The van der Waals surface area contributed by atoms with Crippen LogP contribution in [0.2, 0.25) is 0 Å². The molecule has 0 bridgehead atoms. The van der Waals surface area contributed by atoms with Crippen molar-refractivity contribution in [1.29, 1.82) is 5.26 Å². The van der Waals surface area contributed by atoms with Crippen molar-refractivity contribution in [3.05, 3.63) is 65.2 Å². The van der Waals surface area contributed by atoms with Crippen molar-refractivity contribution in [3.63, 3.8) is 0 Å². The number of hydrogen-bond acceptors (Lipinski definition) is 4. The zero-order valence-corrected chi connectivity index (χ0v) is 13.5. The number of phenols is 1. The van der Waals surface area contributed by atoms with E-state index in [1.807, 2.05) is 12.1 Å². The van der Waals surface area contributed by atoms with Crippen LogP contribution in [0.1, 0.15) is 34.8 Å². The molecule has 1 heterocycles. The molecular formula is C20H18N2O2. The fraction of sp³-hybridized carbons (Fsp3) is 0.200. The number of carbonyl (C=O) groups excluding carboxylic acids is 1. The van der Waals surface area contributed by atoms with Crippen molar-refractivity contribution >= 4 is 17.0 Å². The number of hydrogen-bond donors (Lipinski definition) is 1. The Kier molecular flexibility index (Phi) is 4.35. The van der Waals surface area contributed by atoms with Gasteiger partial charge in [0.1, 0.15) is 5.75 Å². The van der Waals surface area contributed by atoms with Gasteiger partial charge in [-0.1, -0.05) is 18.2 Å². The van der Waals surface area contributed by atoms with E-state index in [1.54, 1.807) is 37.3 Å². The largest absolute Gasteiger partial charge is 0.508 e. The number of ketones is 1. The van der Waals surface area contributed by atoms with Gasteiger partial charge in [-0.2, -0.15) is 5.26 Å². The molecule has 1 aliphatic heterocycles. The van der Waals surface area contributed by atoms with Crippen molar-refractivity contribution in [3.8, 4) is 11.8 Å². The summed E-state index contributed by atoms with van der Waals surface area (Å²) in [7, 11) is 0. The lowest BCUT2D eigenvalue weighted by Crippen LogP contribution is -2.29. The lowest BCUT2D eigenvalue weighted by Gasteiger charge is -2.30. The molecule has 0 aliphatic carbocycles. The number of benzene rings is 2. The van der Waals surface area contributed by atoms with Crippen LogP contribution in [0, 0.1) is 11.3 Å². The molecule has 3 rings (SSSR count). The SMILES string of the molecule is CC(=O)c1ccc(C#N)cc1N1CC=C(c2ccc(O)cc2)CC1. The summed E-state index contributed by atoms with van der Waals surface area (Å²) in [6, 6.07) is 14.5. The van der Waals surface area contributed by atoms with Crippen LogP contribution < -0.4 is 4.90 Å². The Labute approximate surface area is 141 Å². The molecule has 0 fully saturated rings. The van der Waals surface area contributed by atoms with E-state index in [0.717, 1.165) is 24.2 Å². The molecule has 0 saturated heterocycles. The van der Waals surface area contributed by atoms with Gasteiger partial charge in [0.15, 0.2) is 5.78 Å². The molecule has 2 aromatic rings. The molecule has 1 N–H and O–H groups in total. The van der Waals surface area contributed by atoms with Crippen molar-refractivity contribution < 1.29 is 9.90 Å². The van der Waals surface area contributed by atoms with Crippen LogP contribution in [0.4, 0.5) is 5.69 Å². The molecule has 120 valence electrons. The van der Waals surface area contributed by atoms with Crippen LogP contribution in [0.5, 0.6) is 5.75 Å². The maximum atomic E-state index is 11.9. The summed E-state index contributed by atoms with van der Waals surface area (Å²) in [4.78, 5) is 14.0. The molecular weight excluding hydrogens is 300 g/mol. The fourth-order valence-electron chi connectivity index (χ4n) is 2.99. The Morgan fingerprint density at radius 1 is 1.21 bits per heavy atom. The lowest BCUT2D eigenvalue weighted by atomic mass is 9.98. The van der Waals surface area contributed by atoms with Gasteiger partial charge in [-0.25, -0.2) is 0 Å². The van der Waals surface area contributed by atoms with Gasteiger partial charge in [-0.3, -0.25) is 4.79 Å². The minimum absolute atomic E-state index is 0.00259. The van der Waals surface area contributed by atoms with E-state index in [0.29, 0.717) is 17.7 Å². The van der Waals surface area contributed by atoms with Crippen LogP contribution in [-0.4, -0.2) is 24.0 Å². The van der Waals surface area contributed by atoms with Crippen molar-refractivity contribution in [2.45, 2.75) is 13.3 Å². The molecule has 1 aliphatic rings. The van der Waals surface area contributed by atoms with E-state index < -0.39 is 0 Å². The normalized spacial score (nSPS) is 14.0. The van der Waals surface area contributed by atoms with Crippen molar-refractivity contribution in [2.75, 3.05) is 18.0 Å². The summed E-state index contributed by atoms with van der Waals surface area (Å²) in [5.41, 5.74) is 4.36. The second-order valence-electron chi connectivity index (χ2n) is 5.87. The Bertz CT molecular complexity index is 845. The maximum Gasteiger partial charge on any atom is 0.161 e. The Hall–Kier alpha value is -3.06. The van der Waals surface area contributed by atoms with Gasteiger partial charge in [0.05, 0.1) is 11.6 Å². The minimum atomic E-state index is 0.00259. The number of carbonyl (C=O) groups is 1. The number of aromatic hydroxyl groups is 1. The number of nitrogens with zero attached hydrogens (tertiary/aromatic N) is 2. The van der Waals surface area contributed by atoms with Gasteiger partial charge in [0.25, 0.3) is 0 Å². The molecule has 0 radical (unpaired) electrons. The first-order chi connectivity index (χ1) is 11.6. The highest BCUT2D eigenvalue weighted by Crippen LogP contribution is 2.29. The summed E-state index contributed by atoms with van der Waals surface area (Å²) in [6.07, 6.45) is 2.98. The fourth-order valence-corrected chi connectivity index (χ4v) is 2.99. The second kappa shape index (κ2) is 6.59. The highest BCUT2D eigenvalue weighted by molar-refractivity contribution is 6.00. The summed E-state index contributed by atoms with van der Waals surface area (Å²) < 4.78 is 0. The minimum Gasteiger partial charge on any atom is -0.508 e. The highest BCUT2D eigenvalue weighted by atomic mass is 16.3. The third-order valence-corrected chi connectivity index (χ3v) is 4.29. The maximum absolute atomic E-state index is 11.9. The first kappa shape index (κ1) is 15.8. The molecule has 0 saturated carbocycles. The molecule has 0 atom stereocenters. The summed E-state index contributed by atoms with van der Waals surface area (Å²) >= 11 is 0. The van der Waals surface area contributed by atoms with Crippen LogP contribution in [0.15, 0.2) is 48.5 Å². The van der Waals surface area contributed by atoms with Crippen LogP contribution in [-0.2, 0) is 0 Å². The third kappa shape index (κ3) is 3.16. The molecule has 24 heavy (non-hydrogen) atoms. The van der Waals surface area contributed by atoms with Gasteiger partial charge >= 0.3 is 0 Å². The standard InChI is InChI=1S/C20H18N2O2/c1-14(23)19-7-2-15(13-21)12-20(19)22-10-8-17(9-11-22)16-3-5-18(24)6-4-16/h2-8,12,24H,9-11H2,1H3. The van der Waals surface area contributed by atoms with E-state index in [1.165, 1.54) is 5.57 Å². The predicted octanol–water partition coefficient (Wildman–Crippen LogP) is 3.76. The third-order valence-electron chi connectivity index (χ3n) is 4.29. The van der Waals surface area contributed by atoms with Crippen LogP contribution in [0.3, 0.4) is 0 Å². The Morgan fingerprint density at radius 2 is 1.96 bits per heavy atom. The van der Waals surface area contributed by atoms with Crippen molar-refractivity contribution in [2.24, 2.45) is 0 Å². The Balaban J connectivity index is 1.87. The average molecular weight is 318 g/mol. The molecule has 4 heteroatoms. The smallest absolute Gasteiger partial charge is 0.161 e. The van der Waals surface area contributed by atoms with Gasteiger partial charge < -0.3 is 10.0 Å². The number of anilines is 1. The van der Waals surface area contributed by atoms with E-state index in [-0.39, 0.29) is 11.5 Å². The van der Waals surface area contributed by atoms with E-state index in [4.69, 9.17) is 5.26 Å². The molecule has 0 spiro atoms. The van der Waals surface area contributed by atoms with E-state index in [2.05, 4.69) is 17.0 Å². The number of Topliss-reactive ketones (excluding diaryl/α,β-unsaturated/α-hetero) is 1. The predicted molar refractivity (Wildman–Crippen MR) is 94.1 cm³/mol. The first-order valence-corrected chi connectivity index (χ1v) is 7.87. The second-order valence-corrected chi connectivity index (χ2v) is 5.87. The zero-order valence-electron chi connectivity index (χ0n) is 13.5. The number of nitriles is 1. The zero-order chi connectivity index (χ0) is 17.1. The summed E-state index contributed by atoms with van der Waals surface area (Å²) in [6.45, 7) is 3.01. The van der Waals surface area contributed by atoms with Crippen LogP contribution >= 0.6 is 0 Å². The summed E-state index contributed by atoms with van der Waals surface area (Å²) in [5.74, 6) is 0.263. The number of rotatable bonds is 3. The monoisotopic (exact) mass is 318 g/mol. The lowest BCUT2D eigenvalue weighted by molar-refractivity contribution is 0.101.